The molecular weight excluding hydrogens is 435 g/mol. The van der Waals surface area contributed by atoms with Crippen LogP contribution < -0.4 is 11.1 Å². The number of hydrogen-bond acceptors (Lipinski definition) is 5. The van der Waals surface area contributed by atoms with Crippen molar-refractivity contribution in [1.29, 1.82) is 0 Å². The standard InChI is InChI=1S/C18H14ClF5N4O2/c1-16(17(21,18(22,23)24)30-8-14(25)28-16)11-6-10(3-4-12(11)20)27-15(29)13-5-2-9(19)7-26-13/h2-7H,8H2,1H3,(H2,25,28)(H,27,29)/t16-,17-/m0/s1. The third kappa shape index (κ3) is 3.70. The predicted octanol–water partition coefficient (Wildman–Crippen LogP) is 3.96. The number of nitrogens with zero attached hydrogens (tertiary/aromatic N) is 2. The SMILES string of the molecule is C[C@@]1(c2cc(NC(=O)c3ccc(Cl)cn3)ccc2F)N=C(N)CO[C@]1(F)C(F)(F)F. The van der Waals surface area contributed by atoms with Crippen LogP contribution in [-0.4, -0.2) is 35.4 Å². The number of alkyl halides is 4. The molecule has 160 valence electrons. The van der Waals surface area contributed by atoms with E-state index in [0.29, 0.717) is 6.92 Å². The minimum absolute atomic E-state index is 0.0603. The Bertz CT molecular complexity index is 1010. The van der Waals surface area contributed by atoms with Gasteiger partial charge in [0.25, 0.3) is 5.91 Å². The Hall–Kier alpha value is -2.79. The average Bonchev–Trinajstić information content (AvgIpc) is 2.66. The van der Waals surface area contributed by atoms with E-state index < -0.39 is 47.3 Å². The summed E-state index contributed by atoms with van der Waals surface area (Å²) in [5.41, 5.74) is 1.54. The summed E-state index contributed by atoms with van der Waals surface area (Å²) >= 11 is 5.69. The van der Waals surface area contributed by atoms with Gasteiger partial charge in [-0.1, -0.05) is 11.6 Å². The average molecular weight is 449 g/mol. The number of amides is 1. The van der Waals surface area contributed by atoms with Crippen molar-refractivity contribution in [3.8, 4) is 0 Å². The Morgan fingerprint density at radius 1 is 1.30 bits per heavy atom. The maximum Gasteiger partial charge on any atom is 0.451 e. The highest BCUT2D eigenvalue weighted by Crippen LogP contribution is 2.52. The number of ether oxygens (including phenoxy) is 1. The second-order valence-electron chi connectivity index (χ2n) is 6.57. The van der Waals surface area contributed by atoms with Gasteiger partial charge in [-0.05, 0) is 37.3 Å². The molecule has 0 fully saturated rings. The van der Waals surface area contributed by atoms with Crippen LogP contribution in [0.4, 0.5) is 27.6 Å². The third-order valence-corrected chi connectivity index (χ3v) is 4.71. The zero-order valence-corrected chi connectivity index (χ0v) is 16.0. The minimum Gasteiger partial charge on any atom is -0.385 e. The molecule has 1 aromatic carbocycles. The first-order chi connectivity index (χ1) is 13.9. The summed E-state index contributed by atoms with van der Waals surface area (Å²) in [7, 11) is 0. The van der Waals surface area contributed by atoms with Gasteiger partial charge in [-0.3, -0.25) is 9.79 Å². The molecule has 3 rings (SSSR count). The number of rotatable bonds is 3. The number of nitrogens with one attached hydrogen (secondary N) is 1. The monoisotopic (exact) mass is 448 g/mol. The third-order valence-electron chi connectivity index (χ3n) is 4.49. The number of hydrogen-bond donors (Lipinski definition) is 2. The highest BCUT2D eigenvalue weighted by Gasteiger charge is 2.71. The van der Waals surface area contributed by atoms with Gasteiger partial charge in [-0.15, -0.1) is 0 Å². The van der Waals surface area contributed by atoms with E-state index in [4.69, 9.17) is 17.3 Å². The lowest BCUT2D eigenvalue weighted by Gasteiger charge is -2.43. The largest absolute Gasteiger partial charge is 0.451 e. The molecule has 0 saturated heterocycles. The highest BCUT2D eigenvalue weighted by molar-refractivity contribution is 6.30. The van der Waals surface area contributed by atoms with E-state index in [1.54, 1.807) is 0 Å². The molecule has 2 heterocycles. The molecule has 0 unspecified atom stereocenters. The summed E-state index contributed by atoms with van der Waals surface area (Å²) in [6.45, 7) is -0.219. The van der Waals surface area contributed by atoms with E-state index in [9.17, 15) is 22.4 Å². The molecule has 2 aromatic rings. The molecule has 1 aliphatic heterocycles. The molecule has 30 heavy (non-hydrogen) atoms. The Kier molecular flexibility index (Phi) is 5.46. The van der Waals surface area contributed by atoms with Crippen molar-refractivity contribution >= 4 is 29.0 Å². The normalized spacial score (nSPS) is 24.3. The number of aliphatic imine (C=N–C) groups is 1. The van der Waals surface area contributed by atoms with Crippen LogP contribution in [0.15, 0.2) is 41.5 Å². The maximum atomic E-state index is 15.1. The summed E-state index contributed by atoms with van der Waals surface area (Å²) in [5, 5.41) is 2.62. The molecule has 0 spiro atoms. The van der Waals surface area contributed by atoms with Crippen molar-refractivity contribution in [2.75, 3.05) is 11.9 Å². The van der Waals surface area contributed by atoms with Gasteiger partial charge in [0.2, 0.25) is 0 Å². The second kappa shape index (κ2) is 7.47. The summed E-state index contributed by atoms with van der Waals surface area (Å²) in [4.78, 5) is 19.6. The van der Waals surface area contributed by atoms with Crippen LogP contribution in [0.2, 0.25) is 5.02 Å². The first-order valence-electron chi connectivity index (χ1n) is 8.34. The number of carbonyl (C=O) groups excluding carboxylic acids is 1. The number of aromatic nitrogens is 1. The van der Waals surface area contributed by atoms with E-state index in [-0.39, 0.29) is 16.4 Å². The molecule has 6 nitrogen and oxygen atoms in total. The van der Waals surface area contributed by atoms with Gasteiger partial charge in [0, 0.05) is 17.4 Å². The fourth-order valence-electron chi connectivity index (χ4n) is 2.98. The van der Waals surface area contributed by atoms with Crippen LogP contribution >= 0.6 is 11.6 Å². The van der Waals surface area contributed by atoms with Crippen molar-refractivity contribution < 1.29 is 31.5 Å². The highest BCUT2D eigenvalue weighted by atomic mass is 35.5. The Balaban J connectivity index is 2.04. The summed E-state index contributed by atoms with van der Waals surface area (Å²) in [6.07, 6.45) is -4.34. The number of benzene rings is 1. The topological polar surface area (TPSA) is 89.6 Å². The lowest BCUT2D eigenvalue weighted by atomic mass is 9.82. The molecule has 2 atom stereocenters. The molecule has 1 aliphatic rings. The second-order valence-corrected chi connectivity index (χ2v) is 7.00. The summed E-state index contributed by atoms with van der Waals surface area (Å²) < 4.78 is 74.5. The number of carbonyl (C=O) groups is 1. The minimum atomic E-state index is -5.55. The van der Waals surface area contributed by atoms with Crippen molar-refractivity contribution in [3.63, 3.8) is 0 Å². The number of amidine groups is 1. The number of anilines is 1. The smallest absolute Gasteiger partial charge is 0.385 e. The lowest BCUT2D eigenvalue weighted by Crippen LogP contribution is -2.61. The van der Waals surface area contributed by atoms with Crippen LogP contribution in [0.1, 0.15) is 23.0 Å². The molecule has 0 saturated carbocycles. The maximum absolute atomic E-state index is 15.1. The van der Waals surface area contributed by atoms with E-state index >= 15 is 4.39 Å². The van der Waals surface area contributed by atoms with Crippen LogP contribution in [-0.2, 0) is 10.3 Å². The Morgan fingerprint density at radius 2 is 2.00 bits per heavy atom. The molecule has 3 N–H and O–H groups in total. The number of pyridine rings is 1. The quantitative estimate of drug-likeness (QED) is 0.696. The van der Waals surface area contributed by atoms with Gasteiger partial charge in [0.05, 0.1) is 5.02 Å². The van der Waals surface area contributed by atoms with Crippen LogP contribution in [0.3, 0.4) is 0 Å². The fraction of sp³-hybridized carbons (Fsp3) is 0.278. The van der Waals surface area contributed by atoms with Crippen molar-refractivity contribution in [1.82, 2.24) is 4.98 Å². The fourth-order valence-corrected chi connectivity index (χ4v) is 3.09. The molecule has 1 amide bonds. The van der Waals surface area contributed by atoms with Crippen molar-refractivity contribution in [3.05, 3.63) is 58.6 Å². The van der Waals surface area contributed by atoms with Gasteiger partial charge in [0.1, 0.15) is 24.0 Å². The van der Waals surface area contributed by atoms with Crippen LogP contribution in [0.25, 0.3) is 0 Å². The number of nitrogens with two attached hydrogens (primary N) is 1. The van der Waals surface area contributed by atoms with Crippen molar-refractivity contribution in [2.24, 2.45) is 10.7 Å². The molecule has 12 heteroatoms. The van der Waals surface area contributed by atoms with E-state index in [1.165, 1.54) is 18.3 Å². The zero-order valence-electron chi connectivity index (χ0n) is 15.2. The predicted molar refractivity (Wildman–Crippen MR) is 98.4 cm³/mol. The molecule has 0 aliphatic carbocycles. The Labute approximate surface area is 171 Å². The molecule has 0 radical (unpaired) electrons. The first-order valence-corrected chi connectivity index (χ1v) is 8.72. The van der Waals surface area contributed by atoms with Crippen LogP contribution in [0.5, 0.6) is 0 Å². The molecule has 1 aromatic heterocycles. The first kappa shape index (κ1) is 21.9. The zero-order chi connectivity index (χ0) is 22.3. The van der Waals surface area contributed by atoms with E-state index in [1.807, 2.05) is 0 Å². The van der Waals surface area contributed by atoms with Crippen LogP contribution in [0, 0.1) is 5.82 Å². The van der Waals surface area contributed by atoms with E-state index in [0.717, 1.165) is 18.2 Å². The molecular formula is C18H14ClF5N4O2. The van der Waals surface area contributed by atoms with Crippen molar-refractivity contribution in [2.45, 2.75) is 24.5 Å². The Morgan fingerprint density at radius 3 is 2.60 bits per heavy atom. The summed E-state index contributed by atoms with van der Waals surface area (Å²) in [6, 6.07) is 5.38. The lowest BCUT2D eigenvalue weighted by molar-refractivity contribution is -0.357. The summed E-state index contributed by atoms with van der Waals surface area (Å²) in [5.74, 6) is -6.76. The van der Waals surface area contributed by atoms with E-state index in [2.05, 4.69) is 20.0 Å². The van der Waals surface area contributed by atoms with Gasteiger partial charge < -0.3 is 15.8 Å². The van der Waals surface area contributed by atoms with Gasteiger partial charge in [-0.2, -0.15) is 17.6 Å². The van der Waals surface area contributed by atoms with Gasteiger partial charge in [-0.25, -0.2) is 9.37 Å². The van der Waals surface area contributed by atoms with Gasteiger partial charge in [0.15, 0.2) is 5.54 Å². The number of halogens is 6. The van der Waals surface area contributed by atoms with Gasteiger partial charge >= 0.3 is 12.0 Å². The molecule has 0 bridgehead atoms.